The Morgan fingerprint density at radius 2 is 1.40 bits per heavy atom. The van der Waals surface area contributed by atoms with Crippen LogP contribution in [0.5, 0.6) is 0 Å². The van der Waals surface area contributed by atoms with Gasteiger partial charge in [-0.3, -0.25) is 0 Å². The van der Waals surface area contributed by atoms with Crippen molar-refractivity contribution in [1.82, 2.24) is 14.5 Å². The lowest BCUT2D eigenvalue weighted by molar-refractivity contribution is 0.647. The van der Waals surface area contributed by atoms with Gasteiger partial charge in [0.2, 0.25) is 0 Å². The van der Waals surface area contributed by atoms with Crippen molar-refractivity contribution >= 4 is 22.5 Å². The molecule has 0 aliphatic carbocycles. The van der Waals surface area contributed by atoms with Crippen LogP contribution in [-0.2, 0) is 0 Å². The van der Waals surface area contributed by atoms with Crippen LogP contribution >= 0.6 is 0 Å². The Balaban J connectivity index is 1.41. The van der Waals surface area contributed by atoms with Gasteiger partial charge in [-0.25, -0.2) is 9.97 Å². The summed E-state index contributed by atoms with van der Waals surface area (Å²) in [5, 5.41) is 1.11. The summed E-state index contributed by atoms with van der Waals surface area (Å²) in [5.41, 5.74) is 8.37. The Kier molecular flexibility index (Phi) is 5.45. The van der Waals surface area contributed by atoms with Gasteiger partial charge in [-0.2, -0.15) is 0 Å². The molecule has 0 radical (unpaired) electrons. The summed E-state index contributed by atoms with van der Waals surface area (Å²) in [5.74, 6) is 1.02. The molecule has 0 amide bonds. The molecule has 1 saturated heterocycles. The molecule has 0 saturated carbocycles. The van der Waals surface area contributed by atoms with Crippen LogP contribution in [-0.4, -0.2) is 40.7 Å². The average Bonchev–Trinajstić information content (AvgIpc) is 3.31. The predicted molar refractivity (Wildman–Crippen MR) is 145 cm³/mol. The van der Waals surface area contributed by atoms with Crippen LogP contribution in [0.4, 0.5) is 11.5 Å². The summed E-state index contributed by atoms with van der Waals surface area (Å²) < 4.78 is 2.19. The molecule has 0 spiro atoms. The molecule has 6 rings (SSSR count). The normalized spacial score (nSPS) is 14.0. The van der Waals surface area contributed by atoms with E-state index in [1.807, 2.05) is 6.07 Å². The molecule has 5 heteroatoms. The number of hydrogen-bond acceptors (Lipinski definition) is 4. The number of fused-ring (bicyclic) bond motifs is 1. The highest BCUT2D eigenvalue weighted by atomic mass is 15.3. The quantitative estimate of drug-likeness (QED) is 0.329. The monoisotopic (exact) mass is 459 g/mol. The molecule has 1 fully saturated rings. The predicted octanol–water partition coefficient (Wildman–Crippen LogP) is 6.03. The molecule has 5 nitrogen and oxygen atoms in total. The first kappa shape index (κ1) is 21.4. The standard InChI is InChI=1S/C30H29N5/c1-22-13-14-23(2)27(19-22)33-15-17-34(18-16-33)29-28-26(24-9-5-3-6-10-24)20-35(30(28)32-21-31-29)25-11-7-4-8-12-25/h3-14,19-21H,15-18H2,1-2H3. The van der Waals surface area contributed by atoms with E-state index >= 15 is 0 Å². The lowest BCUT2D eigenvalue weighted by Gasteiger charge is -2.37. The van der Waals surface area contributed by atoms with Crippen molar-refractivity contribution < 1.29 is 0 Å². The highest BCUT2D eigenvalue weighted by Crippen LogP contribution is 2.37. The third-order valence-corrected chi connectivity index (χ3v) is 6.97. The van der Waals surface area contributed by atoms with Gasteiger partial charge in [0.25, 0.3) is 0 Å². The molecule has 174 valence electrons. The fraction of sp³-hybridized carbons (Fsp3) is 0.200. The smallest absolute Gasteiger partial charge is 0.150 e. The van der Waals surface area contributed by atoms with E-state index in [1.165, 1.54) is 22.4 Å². The number of benzene rings is 3. The van der Waals surface area contributed by atoms with E-state index in [2.05, 4.69) is 107 Å². The Bertz CT molecular complexity index is 1470. The Morgan fingerprint density at radius 1 is 0.714 bits per heavy atom. The largest absolute Gasteiger partial charge is 0.368 e. The second-order valence-corrected chi connectivity index (χ2v) is 9.27. The number of hydrogen-bond donors (Lipinski definition) is 0. The number of para-hydroxylation sites is 1. The van der Waals surface area contributed by atoms with Gasteiger partial charge in [0.05, 0.1) is 5.39 Å². The maximum atomic E-state index is 4.84. The van der Waals surface area contributed by atoms with Crippen LogP contribution < -0.4 is 9.80 Å². The van der Waals surface area contributed by atoms with Gasteiger partial charge in [0.15, 0.2) is 5.65 Å². The summed E-state index contributed by atoms with van der Waals surface area (Å²) in [6, 6.07) is 27.7. The summed E-state index contributed by atoms with van der Waals surface area (Å²) in [4.78, 5) is 14.5. The van der Waals surface area contributed by atoms with Gasteiger partial charge in [-0.05, 0) is 48.7 Å². The van der Waals surface area contributed by atoms with Crippen molar-refractivity contribution in [1.29, 1.82) is 0 Å². The molecule has 0 N–H and O–H groups in total. The number of rotatable bonds is 4. The van der Waals surface area contributed by atoms with E-state index in [-0.39, 0.29) is 0 Å². The van der Waals surface area contributed by atoms with E-state index < -0.39 is 0 Å². The van der Waals surface area contributed by atoms with Crippen molar-refractivity contribution in [3.05, 3.63) is 103 Å². The van der Waals surface area contributed by atoms with Crippen molar-refractivity contribution in [3.63, 3.8) is 0 Å². The second-order valence-electron chi connectivity index (χ2n) is 9.27. The Labute approximate surface area is 206 Å². The topological polar surface area (TPSA) is 37.2 Å². The third-order valence-electron chi connectivity index (χ3n) is 6.97. The molecule has 5 aromatic rings. The number of piperazine rings is 1. The first-order valence-corrected chi connectivity index (χ1v) is 12.2. The van der Waals surface area contributed by atoms with Crippen LogP contribution in [0, 0.1) is 13.8 Å². The molecule has 0 unspecified atom stereocenters. The molecule has 0 bridgehead atoms. The summed E-state index contributed by atoms with van der Waals surface area (Å²) in [6.07, 6.45) is 3.92. The molecule has 2 aromatic heterocycles. The molecular weight excluding hydrogens is 430 g/mol. The minimum absolute atomic E-state index is 0.921. The van der Waals surface area contributed by atoms with Crippen molar-refractivity contribution in [3.8, 4) is 16.8 Å². The minimum Gasteiger partial charge on any atom is -0.368 e. The zero-order chi connectivity index (χ0) is 23.8. The molecule has 35 heavy (non-hydrogen) atoms. The van der Waals surface area contributed by atoms with Gasteiger partial charge in [-0.1, -0.05) is 60.7 Å². The van der Waals surface area contributed by atoms with Crippen molar-refractivity contribution in [2.24, 2.45) is 0 Å². The highest BCUT2D eigenvalue weighted by Gasteiger charge is 2.24. The van der Waals surface area contributed by atoms with Gasteiger partial charge < -0.3 is 14.4 Å². The van der Waals surface area contributed by atoms with E-state index in [0.717, 1.165) is 54.3 Å². The molecule has 3 aromatic carbocycles. The van der Waals surface area contributed by atoms with E-state index in [9.17, 15) is 0 Å². The van der Waals surface area contributed by atoms with Crippen LogP contribution in [0.25, 0.3) is 27.8 Å². The minimum atomic E-state index is 0.921. The zero-order valence-electron chi connectivity index (χ0n) is 20.2. The van der Waals surface area contributed by atoms with Gasteiger partial charge in [-0.15, -0.1) is 0 Å². The molecule has 1 aliphatic heterocycles. The van der Waals surface area contributed by atoms with E-state index in [4.69, 9.17) is 9.97 Å². The van der Waals surface area contributed by atoms with Crippen LogP contribution in [0.3, 0.4) is 0 Å². The van der Waals surface area contributed by atoms with Gasteiger partial charge in [0, 0.05) is 49.3 Å². The van der Waals surface area contributed by atoms with Gasteiger partial charge >= 0.3 is 0 Å². The fourth-order valence-corrected chi connectivity index (χ4v) is 5.13. The molecule has 0 atom stereocenters. The third kappa shape index (κ3) is 3.93. The lowest BCUT2D eigenvalue weighted by Crippen LogP contribution is -2.47. The van der Waals surface area contributed by atoms with Gasteiger partial charge in [0.1, 0.15) is 12.1 Å². The highest BCUT2D eigenvalue weighted by molar-refractivity contribution is 6.02. The number of anilines is 2. The summed E-state index contributed by atoms with van der Waals surface area (Å²) in [7, 11) is 0. The average molecular weight is 460 g/mol. The van der Waals surface area contributed by atoms with Crippen LogP contribution in [0.2, 0.25) is 0 Å². The number of aryl methyl sites for hydroxylation is 2. The molecule has 3 heterocycles. The van der Waals surface area contributed by atoms with E-state index in [1.54, 1.807) is 6.33 Å². The first-order valence-electron chi connectivity index (χ1n) is 12.2. The second kappa shape index (κ2) is 8.91. The lowest BCUT2D eigenvalue weighted by atomic mass is 10.1. The zero-order valence-corrected chi connectivity index (χ0v) is 20.2. The van der Waals surface area contributed by atoms with Crippen LogP contribution in [0.15, 0.2) is 91.4 Å². The Hall–Kier alpha value is -4.12. The number of aromatic nitrogens is 3. The first-order chi connectivity index (χ1) is 17.2. The van der Waals surface area contributed by atoms with Crippen LogP contribution in [0.1, 0.15) is 11.1 Å². The maximum absolute atomic E-state index is 4.84. The molecular formula is C30H29N5. The number of nitrogens with zero attached hydrogens (tertiary/aromatic N) is 5. The Morgan fingerprint density at radius 3 is 2.14 bits per heavy atom. The van der Waals surface area contributed by atoms with Crippen molar-refractivity contribution in [2.45, 2.75) is 13.8 Å². The van der Waals surface area contributed by atoms with Crippen molar-refractivity contribution in [2.75, 3.05) is 36.0 Å². The summed E-state index contributed by atoms with van der Waals surface area (Å²) >= 11 is 0. The van der Waals surface area contributed by atoms with E-state index in [0.29, 0.717) is 0 Å². The SMILES string of the molecule is Cc1ccc(C)c(N2CCN(c3ncnc4c3c(-c3ccccc3)cn4-c3ccccc3)CC2)c1. The molecule has 1 aliphatic rings. The fourth-order valence-electron chi connectivity index (χ4n) is 5.13. The summed E-state index contributed by atoms with van der Waals surface area (Å²) in [6.45, 7) is 8.15. The maximum Gasteiger partial charge on any atom is 0.150 e.